The summed E-state index contributed by atoms with van der Waals surface area (Å²) < 4.78 is 5.07. The fourth-order valence-corrected chi connectivity index (χ4v) is 4.33. The number of aromatic nitrogens is 2. The third kappa shape index (κ3) is 3.23. The molecule has 1 atom stereocenters. The Hall–Kier alpha value is -1.73. The molecule has 1 aliphatic heterocycles. The molecule has 0 saturated carbocycles. The van der Waals surface area contributed by atoms with Crippen molar-refractivity contribution in [3.8, 4) is 0 Å². The highest BCUT2D eigenvalue weighted by atomic mass is 32.1. The van der Waals surface area contributed by atoms with Gasteiger partial charge in [-0.2, -0.15) is 0 Å². The third-order valence-corrected chi connectivity index (χ3v) is 5.77. The van der Waals surface area contributed by atoms with Crippen molar-refractivity contribution in [1.29, 1.82) is 0 Å². The Bertz CT molecular complexity index is 811. The normalized spacial score (nSPS) is 18.9. The summed E-state index contributed by atoms with van der Waals surface area (Å²) in [5.41, 5.74) is 0.476. The van der Waals surface area contributed by atoms with Crippen LogP contribution in [0.15, 0.2) is 4.79 Å². The van der Waals surface area contributed by atoms with Gasteiger partial charge in [-0.05, 0) is 45.7 Å². The lowest BCUT2D eigenvalue weighted by atomic mass is 10.0. The number of carbonyl (C=O) groups is 1. The lowest BCUT2D eigenvalue weighted by Crippen LogP contribution is -2.37. The molecule has 3 heterocycles. The van der Waals surface area contributed by atoms with Gasteiger partial charge in [0.2, 0.25) is 0 Å². The zero-order chi connectivity index (χ0) is 17.3. The Morgan fingerprint density at radius 3 is 2.96 bits per heavy atom. The highest BCUT2D eigenvalue weighted by Crippen LogP contribution is 2.28. The van der Waals surface area contributed by atoms with Crippen LogP contribution in [0.3, 0.4) is 0 Å². The van der Waals surface area contributed by atoms with Gasteiger partial charge in [0, 0.05) is 6.04 Å². The number of piperidine rings is 1. The number of carbonyl (C=O) groups excluding carboxylic acids is 1. The second-order valence-corrected chi connectivity index (χ2v) is 7.28. The monoisotopic (exact) mass is 349 g/mol. The number of aromatic amines is 1. The molecular weight excluding hydrogens is 326 g/mol. The minimum Gasteiger partial charge on any atom is -0.462 e. The average molecular weight is 349 g/mol. The lowest BCUT2D eigenvalue weighted by molar-refractivity contribution is 0.0531. The van der Waals surface area contributed by atoms with Crippen molar-refractivity contribution in [3.63, 3.8) is 0 Å². The molecule has 0 aromatic carbocycles. The van der Waals surface area contributed by atoms with E-state index in [-0.39, 0.29) is 11.5 Å². The predicted octanol–water partition coefficient (Wildman–Crippen LogP) is 2.84. The molecule has 7 heteroatoms. The van der Waals surface area contributed by atoms with Crippen LogP contribution in [0.2, 0.25) is 0 Å². The molecule has 1 aliphatic rings. The molecule has 1 saturated heterocycles. The van der Waals surface area contributed by atoms with Crippen LogP contribution < -0.4 is 5.56 Å². The van der Waals surface area contributed by atoms with Crippen molar-refractivity contribution in [3.05, 3.63) is 26.6 Å². The summed E-state index contributed by atoms with van der Waals surface area (Å²) in [5.74, 6) is 0.279. The number of aryl methyl sites for hydroxylation is 1. The van der Waals surface area contributed by atoms with Crippen LogP contribution in [0, 0.1) is 6.92 Å². The molecule has 0 unspecified atom stereocenters. The summed E-state index contributed by atoms with van der Waals surface area (Å²) in [6, 6.07) is 0.500. The number of nitrogens with one attached hydrogen (secondary N) is 1. The average Bonchev–Trinajstić information content (AvgIpc) is 2.87. The van der Waals surface area contributed by atoms with E-state index in [9.17, 15) is 9.59 Å². The summed E-state index contributed by atoms with van der Waals surface area (Å²) in [6.07, 6.45) is 3.62. The largest absolute Gasteiger partial charge is 0.462 e. The first-order valence-corrected chi connectivity index (χ1v) is 9.26. The van der Waals surface area contributed by atoms with Crippen LogP contribution in [0.4, 0.5) is 0 Å². The maximum absolute atomic E-state index is 12.5. The molecule has 24 heavy (non-hydrogen) atoms. The van der Waals surface area contributed by atoms with Gasteiger partial charge in [-0.15, -0.1) is 11.3 Å². The van der Waals surface area contributed by atoms with Crippen LogP contribution in [0.1, 0.15) is 54.2 Å². The van der Waals surface area contributed by atoms with Crippen LogP contribution >= 0.6 is 11.3 Å². The molecular formula is C17H23N3O3S. The van der Waals surface area contributed by atoms with E-state index in [0.717, 1.165) is 6.54 Å². The molecule has 2 aromatic rings. The van der Waals surface area contributed by atoms with Gasteiger partial charge in [-0.1, -0.05) is 6.42 Å². The summed E-state index contributed by atoms with van der Waals surface area (Å²) >= 11 is 1.24. The predicted molar refractivity (Wildman–Crippen MR) is 94.7 cm³/mol. The van der Waals surface area contributed by atoms with Crippen molar-refractivity contribution in [1.82, 2.24) is 14.9 Å². The number of hydrogen-bond acceptors (Lipinski definition) is 6. The first-order valence-electron chi connectivity index (χ1n) is 8.44. The number of rotatable bonds is 4. The molecule has 0 bridgehead atoms. The molecule has 2 aromatic heterocycles. The lowest BCUT2D eigenvalue weighted by Gasteiger charge is -2.32. The van der Waals surface area contributed by atoms with Crippen LogP contribution in [-0.4, -0.2) is 40.0 Å². The molecule has 0 spiro atoms. The third-order valence-electron chi connectivity index (χ3n) is 4.60. The van der Waals surface area contributed by atoms with Gasteiger partial charge in [-0.3, -0.25) is 9.69 Å². The van der Waals surface area contributed by atoms with Crippen LogP contribution in [0.5, 0.6) is 0 Å². The maximum Gasteiger partial charge on any atom is 0.348 e. The molecule has 3 rings (SSSR count). The molecule has 0 amide bonds. The standard InChI is InChI=1S/C17H23N3O3S/c1-4-23-17(22)14-11(3)13-15(21)18-12(19-16(13)24-14)9-20-8-6-5-7-10(20)2/h10H,4-9H2,1-3H3,(H,18,19,21)/t10-/m0/s1. The minimum absolute atomic E-state index is 0.177. The number of nitrogens with zero attached hydrogens (tertiary/aromatic N) is 2. The smallest absolute Gasteiger partial charge is 0.348 e. The SMILES string of the molecule is CCOC(=O)c1sc2nc(CN3CCCC[C@@H]3C)[nH]c(=O)c2c1C. The summed E-state index contributed by atoms with van der Waals surface area (Å²) in [6.45, 7) is 7.73. The number of ether oxygens (including phenoxy) is 1. The first kappa shape index (κ1) is 17.1. The van der Waals surface area contributed by atoms with E-state index in [1.54, 1.807) is 13.8 Å². The molecule has 0 aliphatic carbocycles. The van der Waals surface area contributed by atoms with Gasteiger partial charge in [-0.25, -0.2) is 9.78 Å². The van der Waals surface area contributed by atoms with Gasteiger partial charge < -0.3 is 9.72 Å². The second kappa shape index (κ2) is 7.03. The summed E-state index contributed by atoms with van der Waals surface area (Å²) in [7, 11) is 0. The number of H-pyrrole nitrogens is 1. The van der Waals surface area contributed by atoms with Crippen LogP contribution in [0.25, 0.3) is 10.2 Å². The van der Waals surface area contributed by atoms with E-state index < -0.39 is 0 Å². The van der Waals surface area contributed by atoms with Gasteiger partial charge in [0.15, 0.2) is 0 Å². The molecule has 1 N–H and O–H groups in total. The maximum atomic E-state index is 12.5. The van der Waals surface area contributed by atoms with Gasteiger partial charge >= 0.3 is 5.97 Å². The van der Waals surface area contributed by atoms with E-state index in [1.165, 1.54) is 30.6 Å². The Kier molecular flexibility index (Phi) is 5.01. The summed E-state index contributed by atoms with van der Waals surface area (Å²) in [5, 5.41) is 0.499. The zero-order valence-electron chi connectivity index (χ0n) is 14.3. The fraction of sp³-hybridized carbons (Fsp3) is 0.588. The number of likely N-dealkylation sites (tertiary alicyclic amines) is 1. The van der Waals surface area contributed by atoms with Gasteiger partial charge in [0.1, 0.15) is 15.5 Å². The Labute approximate surface area is 144 Å². The number of hydrogen-bond donors (Lipinski definition) is 1. The number of esters is 1. The topological polar surface area (TPSA) is 75.3 Å². The van der Waals surface area contributed by atoms with Gasteiger partial charge in [0.05, 0.1) is 18.5 Å². The zero-order valence-corrected chi connectivity index (χ0v) is 15.2. The second-order valence-electron chi connectivity index (χ2n) is 6.28. The molecule has 6 nitrogen and oxygen atoms in total. The van der Waals surface area contributed by atoms with Crippen molar-refractivity contribution < 1.29 is 9.53 Å². The first-order chi connectivity index (χ1) is 11.5. The number of fused-ring (bicyclic) bond motifs is 1. The molecule has 0 radical (unpaired) electrons. The summed E-state index contributed by atoms with van der Waals surface area (Å²) in [4.78, 5) is 35.4. The van der Waals surface area contributed by atoms with Crippen molar-refractivity contribution in [2.45, 2.75) is 52.6 Å². The number of thiophene rings is 1. The van der Waals surface area contributed by atoms with Crippen molar-refractivity contribution >= 4 is 27.5 Å². The van der Waals surface area contributed by atoms with Crippen molar-refractivity contribution in [2.24, 2.45) is 0 Å². The highest BCUT2D eigenvalue weighted by Gasteiger charge is 2.22. The molecule has 1 fully saturated rings. The van der Waals surface area contributed by atoms with E-state index in [1.807, 2.05) is 0 Å². The quantitative estimate of drug-likeness (QED) is 0.859. The van der Waals surface area contributed by atoms with E-state index in [2.05, 4.69) is 21.8 Å². The Morgan fingerprint density at radius 1 is 1.46 bits per heavy atom. The van der Waals surface area contributed by atoms with Crippen LogP contribution in [-0.2, 0) is 11.3 Å². The van der Waals surface area contributed by atoms with Crippen molar-refractivity contribution in [2.75, 3.05) is 13.2 Å². The van der Waals surface area contributed by atoms with E-state index in [4.69, 9.17) is 4.74 Å². The minimum atomic E-state index is -0.386. The Morgan fingerprint density at radius 2 is 2.25 bits per heavy atom. The molecule has 130 valence electrons. The van der Waals surface area contributed by atoms with E-state index in [0.29, 0.717) is 45.7 Å². The van der Waals surface area contributed by atoms with Gasteiger partial charge in [0.25, 0.3) is 5.56 Å². The Balaban J connectivity index is 1.95. The highest BCUT2D eigenvalue weighted by molar-refractivity contribution is 7.20. The van der Waals surface area contributed by atoms with E-state index >= 15 is 0 Å². The fourth-order valence-electron chi connectivity index (χ4n) is 3.24.